The van der Waals surface area contributed by atoms with Crippen molar-refractivity contribution in [3.05, 3.63) is 84.1 Å². The zero-order valence-corrected chi connectivity index (χ0v) is 11.0. The Morgan fingerprint density at radius 2 is 1.40 bits per heavy atom. The normalized spacial score (nSPS) is 11.2. The molecule has 1 nitrogen and oxygen atoms in total. The van der Waals surface area contributed by atoms with Gasteiger partial charge in [0.15, 0.2) is 0 Å². The first-order valence-electron chi connectivity index (χ1n) is 6.84. The predicted molar refractivity (Wildman–Crippen MR) is 83.0 cm³/mol. The van der Waals surface area contributed by atoms with Crippen molar-refractivity contribution in [2.75, 3.05) is 0 Å². The molecule has 0 radical (unpaired) electrons. The Balaban J connectivity index is 1.72. The van der Waals surface area contributed by atoms with Crippen LogP contribution in [0.1, 0.15) is 11.3 Å². The molecule has 0 aliphatic carbocycles. The van der Waals surface area contributed by atoms with Gasteiger partial charge in [0.2, 0.25) is 0 Å². The lowest BCUT2D eigenvalue weighted by atomic mass is 10.0. The molecule has 1 aromatic heterocycles. The number of fused-ring (bicyclic) bond motifs is 2. The van der Waals surface area contributed by atoms with E-state index in [1.165, 1.54) is 21.7 Å². The van der Waals surface area contributed by atoms with Crippen LogP contribution in [0.5, 0.6) is 0 Å². The molecule has 0 fully saturated rings. The molecular formula is C19H14O. The first-order chi connectivity index (χ1) is 9.88. The first-order valence-corrected chi connectivity index (χ1v) is 6.84. The van der Waals surface area contributed by atoms with Gasteiger partial charge in [0.05, 0.1) is 0 Å². The summed E-state index contributed by atoms with van der Waals surface area (Å²) >= 11 is 0. The van der Waals surface area contributed by atoms with Gasteiger partial charge < -0.3 is 4.42 Å². The van der Waals surface area contributed by atoms with Gasteiger partial charge in [-0.2, -0.15) is 0 Å². The van der Waals surface area contributed by atoms with E-state index in [2.05, 4.69) is 54.6 Å². The Hall–Kier alpha value is -2.54. The molecule has 0 spiro atoms. The van der Waals surface area contributed by atoms with Gasteiger partial charge in [-0.15, -0.1) is 0 Å². The minimum absolute atomic E-state index is 0.833. The fourth-order valence-corrected chi connectivity index (χ4v) is 2.67. The maximum absolute atomic E-state index is 5.88. The minimum atomic E-state index is 0.833. The second-order valence-corrected chi connectivity index (χ2v) is 5.11. The summed E-state index contributed by atoms with van der Waals surface area (Å²) in [6.45, 7) is 0. The van der Waals surface area contributed by atoms with Crippen molar-refractivity contribution in [2.45, 2.75) is 6.42 Å². The third-order valence-corrected chi connectivity index (χ3v) is 3.67. The van der Waals surface area contributed by atoms with Crippen LogP contribution in [0.25, 0.3) is 21.7 Å². The summed E-state index contributed by atoms with van der Waals surface area (Å²) in [5, 5.41) is 3.73. The van der Waals surface area contributed by atoms with E-state index in [4.69, 9.17) is 4.42 Å². The fraction of sp³-hybridized carbons (Fsp3) is 0.0526. The summed E-state index contributed by atoms with van der Waals surface area (Å²) in [7, 11) is 0. The van der Waals surface area contributed by atoms with Crippen molar-refractivity contribution < 1.29 is 4.42 Å². The van der Waals surface area contributed by atoms with Crippen molar-refractivity contribution in [2.24, 2.45) is 0 Å². The van der Waals surface area contributed by atoms with Crippen LogP contribution in [0, 0.1) is 0 Å². The lowest BCUT2D eigenvalue weighted by Gasteiger charge is -2.01. The second-order valence-electron chi connectivity index (χ2n) is 5.11. The number of rotatable bonds is 2. The molecule has 1 heterocycles. The van der Waals surface area contributed by atoms with Gasteiger partial charge >= 0.3 is 0 Å². The van der Waals surface area contributed by atoms with Crippen LogP contribution >= 0.6 is 0 Å². The van der Waals surface area contributed by atoms with Crippen molar-refractivity contribution in [3.8, 4) is 0 Å². The zero-order chi connectivity index (χ0) is 13.4. The molecule has 0 saturated heterocycles. The highest BCUT2D eigenvalue weighted by molar-refractivity contribution is 5.83. The minimum Gasteiger partial charge on any atom is -0.461 e. The predicted octanol–water partition coefficient (Wildman–Crippen LogP) is 5.18. The Morgan fingerprint density at radius 3 is 2.25 bits per heavy atom. The topological polar surface area (TPSA) is 13.1 Å². The molecular weight excluding hydrogens is 244 g/mol. The molecule has 0 aliphatic heterocycles. The SMILES string of the molecule is c1ccc2cc(Cc3cc4ccccc4o3)ccc2c1. The highest BCUT2D eigenvalue weighted by Crippen LogP contribution is 2.23. The fourth-order valence-electron chi connectivity index (χ4n) is 2.67. The molecule has 4 rings (SSSR count). The highest BCUT2D eigenvalue weighted by Gasteiger charge is 2.04. The molecule has 0 N–H and O–H groups in total. The van der Waals surface area contributed by atoms with Crippen LogP contribution in [0.15, 0.2) is 77.2 Å². The van der Waals surface area contributed by atoms with E-state index in [9.17, 15) is 0 Å². The van der Waals surface area contributed by atoms with Gasteiger partial charge in [-0.05, 0) is 28.5 Å². The molecule has 3 aromatic carbocycles. The van der Waals surface area contributed by atoms with Crippen LogP contribution in [0.3, 0.4) is 0 Å². The van der Waals surface area contributed by atoms with E-state index >= 15 is 0 Å². The largest absolute Gasteiger partial charge is 0.461 e. The summed E-state index contributed by atoms with van der Waals surface area (Å²) < 4.78 is 5.88. The maximum atomic E-state index is 5.88. The Morgan fingerprint density at radius 1 is 0.650 bits per heavy atom. The van der Waals surface area contributed by atoms with Crippen molar-refractivity contribution in [1.29, 1.82) is 0 Å². The average Bonchev–Trinajstić information content (AvgIpc) is 2.89. The third kappa shape index (κ3) is 1.97. The zero-order valence-electron chi connectivity index (χ0n) is 11.0. The average molecular weight is 258 g/mol. The van der Waals surface area contributed by atoms with E-state index in [-0.39, 0.29) is 0 Å². The number of benzene rings is 3. The smallest absolute Gasteiger partial charge is 0.134 e. The summed E-state index contributed by atoms with van der Waals surface area (Å²) in [5.41, 5.74) is 2.24. The molecule has 96 valence electrons. The summed E-state index contributed by atoms with van der Waals surface area (Å²) in [6, 6.07) is 25.3. The molecule has 4 aromatic rings. The van der Waals surface area contributed by atoms with Crippen molar-refractivity contribution in [1.82, 2.24) is 0 Å². The van der Waals surface area contributed by atoms with E-state index in [1.807, 2.05) is 18.2 Å². The number of hydrogen-bond donors (Lipinski definition) is 0. The van der Waals surface area contributed by atoms with Crippen LogP contribution < -0.4 is 0 Å². The molecule has 0 aliphatic rings. The summed E-state index contributed by atoms with van der Waals surface area (Å²) in [4.78, 5) is 0. The third-order valence-electron chi connectivity index (χ3n) is 3.67. The Labute approximate surface area is 117 Å². The summed E-state index contributed by atoms with van der Waals surface area (Å²) in [5.74, 6) is 1.02. The molecule has 0 unspecified atom stereocenters. The number of hydrogen-bond acceptors (Lipinski definition) is 1. The maximum Gasteiger partial charge on any atom is 0.134 e. The van der Waals surface area contributed by atoms with E-state index in [0.717, 1.165) is 17.8 Å². The van der Waals surface area contributed by atoms with Crippen LogP contribution in [-0.2, 0) is 6.42 Å². The first kappa shape index (κ1) is 11.3. The molecule has 20 heavy (non-hydrogen) atoms. The lowest BCUT2D eigenvalue weighted by Crippen LogP contribution is -1.85. The van der Waals surface area contributed by atoms with E-state index in [1.54, 1.807) is 0 Å². The second kappa shape index (κ2) is 4.53. The Kier molecular flexibility index (Phi) is 2.56. The van der Waals surface area contributed by atoms with E-state index in [0.29, 0.717) is 0 Å². The van der Waals surface area contributed by atoms with Gasteiger partial charge in [0, 0.05) is 11.8 Å². The van der Waals surface area contributed by atoms with Crippen molar-refractivity contribution in [3.63, 3.8) is 0 Å². The quantitative estimate of drug-likeness (QED) is 0.483. The van der Waals surface area contributed by atoms with E-state index < -0.39 is 0 Å². The standard InChI is InChI=1S/C19H14O/c1-2-6-16-11-14(9-10-15(16)5-1)12-18-13-17-7-3-4-8-19(17)20-18/h1-11,13H,12H2. The van der Waals surface area contributed by atoms with Crippen LogP contribution in [0.2, 0.25) is 0 Å². The lowest BCUT2D eigenvalue weighted by molar-refractivity contribution is 0.563. The summed E-state index contributed by atoms with van der Waals surface area (Å²) in [6.07, 6.45) is 0.833. The highest BCUT2D eigenvalue weighted by atomic mass is 16.3. The monoisotopic (exact) mass is 258 g/mol. The van der Waals surface area contributed by atoms with Crippen molar-refractivity contribution >= 4 is 21.7 Å². The number of furan rings is 1. The van der Waals surface area contributed by atoms with Crippen LogP contribution in [-0.4, -0.2) is 0 Å². The van der Waals surface area contributed by atoms with Crippen LogP contribution in [0.4, 0.5) is 0 Å². The molecule has 0 saturated carbocycles. The van der Waals surface area contributed by atoms with Gasteiger partial charge in [0.25, 0.3) is 0 Å². The number of para-hydroxylation sites is 1. The Bertz CT molecular complexity index is 853. The molecule has 0 atom stereocenters. The van der Waals surface area contributed by atoms with Gasteiger partial charge in [0.1, 0.15) is 11.3 Å². The molecule has 0 bridgehead atoms. The molecule has 1 heteroatoms. The van der Waals surface area contributed by atoms with Gasteiger partial charge in [-0.25, -0.2) is 0 Å². The molecule has 0 amide bonds. The van der Waals surface area contributed by atoms with Gasteiger partial charge in [-0.3, -0.25) is 0 Å². The van der Waals surface area contributed by atoms with Gasteiger partial charge in [-0.1, -0.05) is 60.7 Å².